The molecule has 5 heteroatoms. The van der Waals surface area contributed by atoms with Gasteiger partial charge in [0.1, 0.15) is 12.4 Å². The van der Waals surface area contributed by atoms with E-state index in [9.17, 15) is 0 Å². The van der Waals surface area contributed by atoms with Crippen LogP contribution in [0.2, 0.25) is 0 Å². The summed E-state index contributed by atoms with van der Waals surface area (Å²) in [6.07, 6.45) is 0. The van der Waals surface area contributed by atoms with Gasteiger partial charge in [-0.15, -0.1) is 10.2 Å². The molecule has 0 saturated heterocycles. The minimum Gasteiger partial charge on any atom is -0.486 e. The molecule has 1 aromatic heterocycles. The van der Waals surface area contributed by atoms with Gasteiger partial charge in [-0.1, -0.05) is 67.6 Å². The van der Waals surface area contributed by atoms with Crippen LogP contribution in [-0.4, -0.2) is 14.8 Å². The molecular weight excluding hydrogens is 342 g/mol. The van der Waals surface area contributed by atoms with E-state index >= 15 is 0 Å². The third kappa shape index (κ3) is 4.67. The second-order valence-corrected chi connectivity index (χ2v) is 7.69. The lowest BCUT2D eigenvalue weighted by Gasteiger charge is -2.09. The SMILES string of the molecule is Cc1cccc(CSc2nnc(COc3ccc(C(C)C)cc3)n2C)c1. The number of hydrogen-bond donors (Lipinski definition) is 0. The fourth-order valence-corrected chi connectivity index (χ4v) is 3.52. The van der Waals surface area contributed by atoms with Crippen molar-refractivity contribution in [3.8, 4) is 5.75 Å². The summed E-state index contributed by atoms with van der Waals surface area (Å²) in [7, 11) is 1.99. The van der Waals surface area contributed by atoms with Gasteiger partial charge < -0.3 is 9.30 Å². The van der Waals surface area contributed by atoms with Crippen molar-refractivity contribution in [1.29, 1.82) is 0 Å². The van der Waals surface area contributed by atoms with Crippen LogP contribution < -0.4 is 4.74 Å². The van der Waals surface area contributed by atoms with Gasteiger partial charge in [0.25, 0.3) is 0 Å². The highest BCUT2D eigenvalue weighted by Crippen LogP contribution is 2.23. The second-order valence-electron chi connectivity index (χ2n) is 6.75. The standard InChI is InChI=1S/C21H25N3OS/c1-15(2)18-8-10-19(11-9-18)25-13-20-22-23-21(24(20)4)26-14-17-7-5-6-16(3)12-17/h5-12,15H,13-14H2,1-4H3. The first kappa shape index (κ1) is 18.5. The van der Waals surface area contributed by atoms with Crippen molar-refractivity contribution in [2.75, 3.05) is 0 Å². The molecule has 0 saturated carbocycles. The Morgan fingerprint density at radius 1 is 1.08 bits per heavy atom. The average molecular weight is 368 g/mol. The lowest BCUT2D eigenvalue weighted by Crippen LogP contribution is -2.04. The maximum Gasteiger partial charge on any atom is 0.191 e. The zero-order valence-electron chi connectivity index (χ0n) is 15.8. The first-order valence-corrected chi connectivity index (χ1v) is 9.81. The van der Waals surface area contributed by atoms with E-state index < -0.39 is 0 Å². The van der Waals surface area contributed by atoms with Crippen molar-refractivity contribution in [2.45, 2.75) is 44.2 Å². The Kier molecular flexibility index (Phi) is 5.99. The fraction of sp³-hybridized carbons (Fsp3) is 0.333. The molecule has 0 amide bonds. The topological polar surface area (TPSA) is 39.9 Å². The van der Waals surface area contributed by atoms with E-state index in [-0.39, 0.29) is 0 Å². The number of ether oxygens (including phenoxy) is 1. The predicted molar refractivity (Wildman–Crippen MR) is 107 cm³/mol. The normalized spacial score (nSPS) is 11.1. The quantitative estimate of drug-likeness (QED) is 0.544. The maximum absolute atomic E-state index is 5.87. The molecule has 26 heavy (non-hydrogen) atoms. The molecule has 0 bridgehead atoms. The van der Waals surface area contributed by atoms with Gasteiger partial charge in [0.05, 0.1) is 0 Å². The first-order chi connectivity index (χ1) is 12.5. The molecule has 3 rings (SSSR count). The Bertz CT molecular complexity index is 856. The molecular formula is C21H25N3OS. The highest BCUT2D eigenvalue weighted by Gasteiger charge is 2.10. The van der Waals surface area contributed by atoms with Gasteiger partial charge in [0.15, 0.2) is 11.0 Å². The number of nitrogens with zero attached hydrogens (tertiary/aromatic N) is 3. The lowest BCUT2D eigenvalue weighted by atomic mass is 10.0. The van der Waals surface area contributed by atoms with E-state index in [0.717, 1.165) is 22.5 Å². The Balaban J connectivity index is 1.58. The number of hydrogen-bond acceptors (Lipinski definition) is 4. The highest BCUT2D eigenvalue weighted by atomic mass is 32.2. The Hall–Kier alpha value is -2.27. The lowest BCUT2D eigenvalue weighted by molar-refractivity contribution is 0.290. The predicted octanol–water partition coefficient (Wildman–Crippen LogP) is 5.12. The van der Waals surface area contributed by atoms with Gasteiger partial charge in [-0.3, -0.25) is 0 Å². The van der Waals surface area contributed by atoms with E-state index in [1.165, 1.54) is 16.7 Å². The summed E-state index contributed by atoms with van der Waals surface area (Å²) in [5.74, 6) is 3.08. The van der Waals surface area contributed by atoms with Crippen LogP contribution in [0.4, 0.5) is 0 Å². The fourth-order valence-electron chi connectivity index (χ4n) is 2.64. The maximum atomic E-state index is 5.87. The zero-order chi connectivity index (χ0) is 18.5. The van der Waals surface area contributed by atoms with Gasteiger partial charge in [-0.25, -0.2) is 0 Å². The smallest absolute Gasteiger partial charge is 0.191 e. The summed E-state index contributed by atoms with van der Waals surface area (Å²) < 4.78 is 7.87. The van der Waals surface area contributed by atoms with Crippen LogP contribution in [0.3, 0.4) is 0 Å². The molecule has 0 aliphatic heterocycles. The van der Waals surface area contributed by atoms with Crippen LogP contribution in [0.1, 0.15) is 42.3 Å². The largest absolute Gasteiger partial charge is 0.486 e. The van der Waals surface area contributed by atoms with Crippen molar-refractivity contribution in [1.82, 2.24) is 14.8 Å². The van der Waals surface area contributed by atoms with Gasteiger partial charge in [0.2, 0.25) is 0 Å². The Labute approximate surface area is 159 Å². The van der Waals surface area contributed by atoms with Crippen LogP contribution in [0.25, 0.3) is 0 Å². The Morgan fingerprint density at radius 3 is 2.54 bits per heavy atom. The van der Waals surface area contributed by atoms with Crippen molar-refractivity contribution < 1.29 is 4.74 Å². The molecule has 0 fully saturated rings. The molecule has 0 spiro atoms. The molecule has 136 valence electrons. The van der Waals surface area contributed by atoms with Crippen LogP contribution in [0.5, 0.6) is 5.75 Å². The van der Waals surface area contributed by atoms with Gasteiger partial charge in [0, 0.05) is 12.8 Å². The molecule has 0 aliphatic carbocycles. The molecule has 0 aliphatic rings. The molecule has 1 heterocycles. The molecule has 0 N–H and O–H groups in total. The number of thioether (sulfide) groups is 1. The molecule has 0 unspecified atom stereocenters. The van der Waals surface area contributed by atoms with Crippen molar-refractivity contribution in [3.05, 3.63) is 71.0 Å². The summed E-state index contributed by atoms with van der Waals surface area (Å²) in [5, 5.41) is 9.48. The Morgan fingerprint density at radius 2 is 1.85 bits per heavy atom. The van der Waals surface area contributed by atoms with Crippen LogP contribution >= 0.6 is 11.8 Å². The first-order valence-electron chi connectivity index (χ1n) is 8.82. The van der Waals surface area contributed by atoms with Crippen LogP contribution in [-0.2, 0) is 19.4 Å². The summed E-state index contributed by atoms with van der Waals surface area (Å²) in [6.45, 7) is 6.89. The minimum atomic E-state index is 0.412. The van der Waals surface area contributed by atoms with Gasteiger partial charge in [-0.05, 0) is 36.1 Å². The van der Waals surface area contributed by atoms with E-state index in [4.69, 9.17) is 4.74 Å². The van der Waals surface area contributed by atoms with Gasteiger partial charge in [-0.2, -0.15) is 0 Å². The second kappa shape index (κ2) is 8.41. The van der Waals surface area contributed by atoms with Crippen molar-refractivity contribution in [3.63, 3.8) is 0 Å². The van der Waals surface area contributed by atoms with Crippen molar-refractivity contribution in [2.24, 2.45) is 7.05 Å². The molecule has 4 nitrogen and oxygen atoms in total. The summed E-state index contributed by atoms with van der Waals surface area (Å²) in [5.41, 5.74) is 3.88. The van der Waals surface area contributed by atoms with E-state index in [1.807, 2.05) is 23.7 Å². The number of rotatable bonds is 7. The number of aryl methyl sites for hydroxylation is 1. The molecule has 0 atom stereocenters. The molecule has 3 aromatic rings. The van der Waals surface area contributed by atoms with Crippen LogP contribution in [0.15, 0.2) is 53.7 Å². The highest BCUT2D eigenvalue weighted by molar-refractivity contribution is 7.98. The number of aromatic nitrogens is 3. The third-order valence-corrected chi connectivity index (χ3v) is 5.38. The minimum absolute atomic E-state index is 0.412. The van der Waals surface area contributed by atoms with Crippen molar-refractivity contribution >= 4 is 11.8 Å². The summed E-state index contributed by atoms with van der Waals surface area (Å²) >= 11 is 1.69. The van der Waals surface area contributed by atoms with Crippen LogP contribution in [0, 0.1) is 6.92 Å². The average Bonchev–Trinajstić information content (AvgIpc) is 2.98. The third-order valence-electron chi connectivity index (χ3n) is 4.29. The molecule has 2 aromatic carbocycles. The molecule has 0 radical (unpaired) electrons. The van der Waals surface area contributed by atoms with E-state index in [2.05, 4.69) is 67.4 Å². The number of benzene rings is 2. The van der Waals surface area contributed by atoms with E-state index in [1.54, 1.807) is 11.8 Å². The summed E-state index contributed by atoms with van der Waals surface area (Å²) in [4.78, 5) is 0. The van der Waals surface area contributed by atoms with Gasteiger partial charge >= 0.3 is 0 Å². The monoisotopic (exact) mass is 367 g/mol. The summed E-state index contributed by atoms with van der Waals surface area (Å²) in [6, 6.07) is 16.8. The zero-order valence-corrected chi connectivity index (χ0v) is 16.6. The van der Waals surface area contributed by atoms with E-state index in [0.29, 0.717) is 12.5 Å².